The number of Topliss-reactive ketones (excluding diaryl/α,β-unsaturated/α-hetero) is 1. The Hall–Kier alpha value is -0.640. The normalized spacial score (nSPS) is 37.4. The number of carbonyl (C=O) groups excluding carboxylic acids is 1. The van der Waals surface area contributed by atoms with Crippen molar-refractivity contribution >= 4 is 21.7 Å². The van der Waals surface area contributed by atoms with Gasteiger partial charge in [-0.05, 0) is 85.6 Å². The van der Waals surface area contributed by atoms with E-state index >= 15 is 0 Å². The van der Waals surface area contributed by atoms with Crippen LogP contribution in [-0.2, 0) is 0 Å². The minimum atomic E-state index is 0.229. The van der Waals surface area contributed by atoms with Gasteiger partial charge in [-0.2, -0.15) is 5.10 Å². The number of nitrogens with zero attached hydrogens (tertiary/aromatic N) is 2. The van der Waals surface area contributed by atoms with Crippen LogP contribution in [0.3, 0.4) is 0 Å². The Kier molecular flexibility index (Phi) is 3.29. The number of hydrogen-bond acceptors (Lipinski definition) is 2. The maximum Gasteiger partial charge on any atom is 0.185 e. The first kappa shape index (κ1) is 14.0. The van der Waals surface area contributed by atoms with Gasteiger partial charge in [-0.25, -0.2) is 0 Å². The van der Waals surface area contributed by atoms with Crippen molar-refractivity contribution in [3.05, 3.63) is 16.4 Å². The lowest BCUT2D eigenvalue weighted by molar-refractivity contribution is -0.0255. The number of hydrogen-bond donors (Lipinski definition) is 0. The monoisotopic (exact) mass is 350 g/mol. The van der Waals surface area contributed by atoms with E-state index in [0.29, 0.717) is 17.6 Å². The summed E-state index contributed by atoms with van der Waals surface area (Å²) >= 11 is 3.55. The molecule has 21 heavy (non-hydrogen) atoms. The standard InChI is InChI=1S/C17H23BrN2O/c1-9(2)20-16(14(18)8-19-20)17(21)15-12-4-10-3-11(6-12)7-13(15)5-10/h8-13,15H,3-7H2,1-2H3. The Morgan fingerprint density at radius 1 is 1.19 bits per heavy atom. The van der Waals surface area contributed by atoms with Crippen molar-refractivity contribution in [1.82, 2.24) is 9.78 Å². The summed E-state index contributed by atoms with van der Waals surface area (Å²) in [6, 6.07) is 0.229. The highest BCUT2D eigenvalue weighted by atomic mass is 79.9. The van der Waals surface area contributed by atoms with Crippen LogP contribution >= 0.6 is 15.9 Å². The zero-order valence-corrected chi connectivity index (χ0v) is 14.3. The highest BCUT2D eigenvalue weighted by Gasteiger charge is 2.51. The third kappa shape index (κ3) is 2.13. The number of halogens is 1. The van der Waals surface area contributed by atoms with Crippen molar-refractivity contribution < 1.29 is 4.79 Å². The van der Waals surface area contributed by atoms with Gasteiger partial charge in [0, 0.05) is 12.0 Å². The van der Waals surface area contributed by atoms with Gasteiger partial charge >= 0.3 is 0 Å². The van der Waals surface area contributed by atoms with E-state index in [1.54, 1.807) is 6.20 Å². The molecule has 0 N–H and O–H groups in total. The van der Waals surface area contributed by atoms with Crippen LogP contribution in [0.5, 0.6) is 0 Å². The molecule has 1 heterocycles. The van der Waals surface area contributed by atoms with Gasteiger partial charge in [-0.1, -0.05) is 0 Å². The summed E-state index contributed by atoms with van der Waals surface area (Å²) in [6.45, 7) is 4.18. The lowest BCUT2D eigenvalue weighted by atomic mass is 9.51. The summed E-state index contributed by atoms with van der Waals surface area (Å²) in [5, 5.41) is 4.40. The Morgan fingerprint density at radius 3 is 2.29 bits per heavy atom. The molecule has 0 saturated heterocycles. The van der Waals surface area contributed by atoms with Crippen LogP contribution in [-0.4, -0.2) is 15.6 Å². The minimum Gasteiger partial charge on any atom is -0.292 e. The predicted octanol–water partition coefficient (Wildman–Crippen LogP) is 4.48. The van der Waals surface area contributed by atoms with Crippen molar-refractivity contribution in [3.8, 4) is 0 Å². The molecule has 1 aromatic heterocycles. The Labute approximate surface area is 134 Å². The fourth-order valence-corrected chi connectivity index (χ4v) is 5.94. The third-order valence-electron chi connectivity index (χ3n) is 6.00. The van der Waals surface area contributed by atoms with E-state index in [1.165, 1.54) is 32.1 Å². The SMILES string of the molecule is CC(C)n1ncc(Br)c1C(=O)C1C2CC3CC(C2)CC1C3. The fourth-order valence-electron chi connectivity index (χ4n) is 5.47. The molecule has 4 aliphatic carbocycles. The molecular weight excluding hydrogens is 328 g/mol. The average Bonchev–Trinajstić information content (AvgIpc) is 2.79. The molecular formula is C17H23BrN2O. The van der Waals surface area contributed by atoms with Gasteiger partial charge in [0.25, 0.3) is 0 Å². The first-order valence-corrected chi connectivity index (χ1v) is 9.11. The zero-order valence-electron chi connectivity index (χ0n) is 12.8. The average molecular weight is 351 g/mol. The Morgan fingerprint density at radius 2 is 1.76 bits per heavy atom. The van der Waals surface area contributed by atoms with Gasteiger partial charge in [-0.15, -0.1) is 0 Å². The molecule has 0 spiro atoms. The van der Waals surface area contributed by atoms with Crippen LogP contribution in [0.2, 0.25) is 0 Å². The quantitative estimate of drug-likeness (QED) is 0.753. The lowest BCUT2D eigenvalue weighted by Crippen LogP contribution is -2.48. The van der Waals surface area contributed by atoms with Crippen molar-refractivity contribution in [2.24, 2.45) is 29.6 Å². The molecule has 1 aromatic rings. The minimum absolute atomic E-state index is 0.229. The van der Waals surface area contributed by atoms with Crippen LogP contribution in [0.1, 0.15) is 62.5 Å². The number of aromatic nitrogens is 2. The molecule has 0 unspecified atom stereocenters. The van der Waals surface area contributed by atoms with Gasteiger partial charge in [0.2, 0.25) is 0 Å². The first-order valence-electron chi connectivity index (χ1n) is 8.31. The van der Waals surface area contributed by atoms with Crippen LogP contribution in [0.4, 0.5) is 0 Å². The van der Waals surface area contributed by atoms with Crippen LogP contribution in [0.25, 0.3) is 0 Å². The summed E-state index contributed by atoms with van der Waals surface area (Å²) in [5.41, 5.74) is 0.808. The summed E-state index contributed by atoms with van der Waals surface area (Å²) in [4.78, 5) is 13.3. The largest absolute Gasteiger partial charge is 0.292 e. The molecule has 114 valence electrons. The van der Waals surface area contributed by atoms with Crippen molar-refractivity contribution in [1.29, 1.82) is 0 Å². The third-order valence-corrected chi connectivity index (χ3v) is 6.58. The Bertz CT molecular complexity index is 549. The molecule has 4 fully saturated rings. The van der Waals surface area contributed by atoms with Crippen LogP contribution in [0, 0.1) is 29.6 Å². The molecule has 3 nitrogen and oxygen atoms in total. The van der Waals surface area contributed by atoms with Gasteiger partial charge in [-0.3, -0.25) is 9.48 Å². The predicted molar refractivity (Wildman–Crippen MR) is 85.2 cm³/mol. The molecule has 0 aliphatic heterocycles. The van der Waals surface area contributed by atoms with Gasteiger partial charge in [0.1, 0.15) is 5.69 Å². The summed E-state index contributed by atoms with van der Waals surface area (Å²) in [6.07, 6.45) is 8.37. The highest BCUT2D eigenvalue weighted by molar-refractivity contribution is 9.10. The van der Waals surface area contributed by atoms with Crippen molar-refractivity contribution in [3.63, 3.8) is 0 Å². The molecule has 4 heteroatoms. The maximum atomic E-state index is 13.3. The fraction of sp³-hybridized carbons (Fsp3) is 0.765. The van der Waals surface area contributed by atoms with Crippen LogP contribution in [0.15, 0.2) is 10.7 Å². The van der Waals surface area contributed by atoms with E-state index < -0.39 is 0 Å². The zero-order chi connectivity index (χ0) is 14.7. The van der Waals surface area contributed by atoms with Crippen molar-refractivity contribution in [2.45, 2.75) is 52.0 Å². The summed E-state index contributed by atoms with van der Waals surface area (Å²) in [7, 11) is 0. The maximum absolute atomic E-state index is 13.3. The van der Waals surface area contributed by atoms with E-state index in [1.807, 2.05) is 4.68 Å². The summed E-state index contributed by atoms with van der Waals surface area (Å²) < 4.78 is 2.77. The van der Waals surface area contributed by atoms with Gasteiger partial charge in [0.15, 0.2) is 5.78 Å². The van der Waals surface area contributed by atoms with E-state index in [2.05, 4.69) is 34.9 Å². The topological polar surface area (TPSA) is 34.9 Å². The number of ketones is 1. The molecule has 0 aromatic carbocycles. The van der Waals surface area contributed by atoms with E-state index in [9.17, 15) is 4.79 Å². The second kappa shape index (κ2) is 4.94. The van der Waals surface area contributed by atoms with Gasteiger partial charge in [0.05, 0.1) is 10.7 Å². The second-order valence-electron chi connectivity index (χ2n) is 7.70. The Balaban J connectivity index is 1.68. The molecule has 4 bridgehead atoms. The molecule has 4 saturated carbocycles. The first-order chi connectivity index (χ1) is 10.0. The number of rotatable bonds is 3. The van der Waals surface area contributed by atoms with E-state index in [0.717, 1.165) is 22.0 Å². The van der Waals surface area contributed by atoms with Gasteiger partial charge < -0.3 is 0 Å². The molecule has 4 aliphatic rings. The number of carbonyl (C=O) groups is 1. The van der Waals surface area contributed by atoms with Crippen molar-refractivity contribution in [2.75, 3.05) is 0 Å². The smallest absolute Gasteiger partial charge is 0.185 e. The highest BCUT2D eigenvalue weighted by Crippen LogP contribution is 2.57. The summed E-state index contributed by atoms with van der Waals surface area (Å²) in [5.74, 6) is 3.70. The van der Waals surface area contributed by atoms with E-state index in [-0.39, 0.29) is 12.0 Å². The molecule has 5 rings (SSSR count). The van der Waals surface area contributed by atoms with Crippen LogP contribution < -0.4 is 0 Å². The second-order valence-corrected chi connectivity index (χ2v) is 8.55. The molecule has 0 atom stereocenters. The lowest BCUT2D eigenvalue weighted by Gasteiger charge is -2.53. The van der Waals surface area contributed by atoms with E-state index in [4.69, 9.17) is 0 Å². The molecule has 0 radical (unpaired) electrons. The molecule has 0 amide bonds.